The summed E-state index contributed by atoms with van der Waals surface area (Å²) in [5.74, 6) is 0.433. The Morgan fingerprint density at radius 1 is 1.55 bits per heavy atom. The van der Waals surface area contributed by atoms with E-state index >= 15 is 0 Å². The predicted molar refractivity (Wildman–Crippen MR) is 83.0 cm³/mol. The van der Waals surface area contributed by atoms with Crippen LogP contribution in [0.15, 0.2) is 18.2 Å². The molecule has 2 unspecified atom stereocenters. The van der Waals surface area contributed by atoms with Crippen LogP contribution in [0.1, 0.15) is 18.9 Å². The summed E-state index contributed by atoms with van der Waals surface area (Å²) in [5.41, 5.74) is 7.67. The quantitative estimate of drug-likeness (QED) is 0.899. The first-order chi connectivity index (χ1) is 9.47. The molecule has 1 aromatic rings. The van der Waals surface area contributed by atoms with Crippen molar-refractivity contribution in [1.82, 2.24) is 4.90 Å². The number of carbonyl (C=O) groups excluding carboxylic acids is 1. The number of halogens is 1. The highest BCUT2D eigenvalue weighted by Crippen LogP contribution is 2.23. The van der Waals surface area contributed by atoms with E-state index in [-0.39, 0.29) is 11.9 Å². The number of nitrogens with one attached hydrogen (secondary N) is 1. The number of likely N-dealkylation sites (tertiary alicyclic amines) is 1. The van der Waals surface area contributed by atoms with Crippen molar-refractivity contribution in [2.24, 2.45) is 11.7 Å². The number of nitrogens with two attached hydrogens (primary N) is 1. The molecule has 4 nitrogen and oxygen atoms in total. The molecule has 0 saturated carbocycles. The van der Waals surface area contributed by atoms with Gasteiger partial charge in [-0.15, -0.1) is 0 Å². The predicted octanol–water partition coefficient (Wildman–Crippen LogP) is 2.26. The Kier molecular flexibility index (Phi) is 5.02. The Balaban J connectivity index is 1.91. The number of benzene rings is 1. The van der Waals surface area contributed by atoms with E-state index in [1.807, 2.05) is 25.1 Å². The van der Waals surface area contributed by atoms with Gasteiger partial charge in [0.2, 0.25) is 5.91 Å². The molecule has 2 atom stereocenters. The summed E-state index contributed by atoms with van der Waals surface area (Å²) in [5, 5.41) is 3.60. The zero-order valence-electron chi connectivity index (χ0n) is 12.0. The van der Waals surface area contributed by atoms with E-state index in [2.05, 4.69) is 17.1 Å². The fourth-order valence-electron chi connectivity index (χ4n) is 2.53. The van der Waals surface area contributed by atoms with Crippen LogP contribution in [0.4, 0.5) is 5.69 Å². The van der Waals surface area contributed by atoms with Gasteiger partial charge in [0.15, 0.2) is 0 Å². The van der Waals surface area contributed by atoms with Crippen LogP contribution in [0.2, 0.25) is 5.02 Å². The molecule has 20 heavy (non-hydrogen) atoms. The molecule has 1 aromatic carbocycles. The standard InChI is InChI=1S/C15H22ClN3O/c1-10-8-19(7-6-13(10)17)9-15(20)18-14-5-3-4-12(16)11(14)2/h3-5,10,13H,6-9,17H2,1-2H3,(H,18,20). The number of carbonyl (C=O) groups is 1. The SMILES string of the molecule is Cc1c(Cl)cccc1NC(=O)CN1CCC(N)C(C)C1. The molecule has 1 saturated heterocycles. The molecular formula is C15H22ClN3O. The second-order valence-corrected chi connectivity index (χ2v) is 6.03. The smallest absolute Gasteiger partial charge is 0.238 e. The molecule has 1 fully saturated rings. The second-order valence-electron chi connectivity index (χ2n) is 5.63. The summed E-state index contributed by atoms with van der Waals surface area (Å²) < 4.78 is 0. The van der Waals surface area contributed by atoms with E-state index in [0.29, 0.717) is 17.5 Å². The lowest BCUT2D eigenvalue weighted by molar-refractivity contribution is -0.117. The molecule has 110 valence electrons. The van der Waals surface area contributed by atoms with Gasteiger partial charge in [-0.05, 0) is 37.0 Å². The maximum atomic E-state index is 12.1. The fraction of sp³-hybridized carbons (Fsp3) is 0.533. The van der Waals surface area contributed by atoms with Gasteiger partial charge >= 0.3 is 0 Å². The molecule has 1 heterocycles. The highest BCUT2D eigenvalue weighted by atomic mass is 35.5. The number of rotatable bonds is 3. The van der Waals surface area contributed by atoms with Crippen LogP contribution in [0.5, 0.6) is 0 Å². The largest absolute Gasteiger partial charge is 0.327 e. The second kappa shape index (κ2) is 6.57. The van der Waals surface area contributed by atoms with Gasteiger partial charge in [0.1, 0.15) is 0 Å². The highest BCUT2D eigenvalue weighted by molar-refractivity contribution is 6.31. The zero-order chi connectivity index (χ0) is 14.7. The Morgan fingerprint density at radius 3 is 3.00 bits per heavy atom. The van der Waals surface area contributed by atoms with Gasteiger partial charge in [-0.1, -0.05) is 24.6 Å². The van der Waals surface area contributed by atoms with Crippen LogP contribution in [-0.2, 0) is 4.79 Å². The Morgan fingerprint density at radius 2 is 2.30 bits per heavy atom. The lowest BCUT2D eigenvalue weighted by Crippen LogP contribution is -2.48. The Hall–Kier alpha value is -1.10. The van der Waals surface area contributed by atoms with Crippen molar-refractivity contribution >= 4 is 23.2 Å². The molecule has 3 N–H and O–H groups in total. The third kappa shape index (κ3) is 3.72. The van der Waals surface area contributed by atoms with Gasteiger partial charge in [0.25, 0.3) is 0 Å². The van der Waals surface area contributed by atoms with Crippen LogP contribution >= 0.6 is 11.6 Å². The van der Waals surface area contributed by atoms with Gasteiger partial charge in [-0.25, -0.2) is 0 Å². The van der Waals surface area contributed by atoms with E-state index in [4.69, 9.17) is 17.3 Å². The molecule has 2 rings (SSSR count). The van der Waals surface area contributed by atoms with E-state index in [9.17, 15) is 4.79 Å². The van der Waals surface area contributed by atoms with Gasteiger partial charge in [0.05, 0.1) is 6.54 Å². The van der Waals surface area contributed by atoms with Crippen LogP contribution in [-0.4, -0.2) is 36.5 Å². The van der Waals surface area contributed by atoms with Crippen LogP contribution < -0.4 is 11.1 Å². The summed E-state index contributed by atoms with van der Waals surface area (Å²) in [6.07, 6.45) is 0.949. The number of nitrogens with zero attached hydrogens (tertiary/aromatic N) is 1. The maximum Gasteiger partial charge on any atom is 0.238 e. The third-order valence-corrected chi connectivity index (χ3v) is 4.37. The number of amides is 1. The van der Waals surface area contributed by atoms with E-state index in [0.717, 1.165) is 30.8 Å². The highest BCUT2D eigenvalue weighted by Gasteiger charge is 2.24. The minimum atomic E-state index is -0.00182. The van der Waals surface area contributed by atoms with Crippen molar-refractivity contribution in [3.8, 4) is 0 Å². The third-order valence-electron chi connectivity index (χ3n) is 3.96. The molecule has 1 aliphatic rings. The van der Waals surface area contributed by atoms with E-state index < -0.39 is 0 Å². The fourth-order valence-corrected chi connectivity index (χ4v) is 2.70. The zero-order valence-corrected chi connectivity index (χ0v) is 12.8. The molecular weight excluding hydrogens is 274 g/mol. The first-order valence-corrected chi connectivity index (χ1v) is 7.38. The normalized spacial score (nSPS) is 23.6. The lowest BCUT2D eigenvalue weighted by Gasteiger charge is -2.34. The number of hydrogen-bond acceptors (Lipinski definition) is 3. The maximum absolute atomic E-state index is 12.1. The average Bonchev–Trinajstić information content (AvgIpc) is 2.39. The Labute approximate surface area is 125 Å². The topological polar surface area (TPSA) is 58.4 Å². The van der Waals surface area contributed by atoms with Crippen molar-refractivity contribution < 1.29 is 4.79 Å². The first-order valence-electron chi connectivity index (χ1n) is 7.00. The van der Waals surface area contributed by atoms with Gasteiger partial charge in [0, 0.05) is 29.8 Å². The first kappa shape index (κ1) is 15.3. The lowest BCUT2D eigenvalue weighted by atomic mass is 9.95. The number of hydrogen-bond donors (Lipinski definition) is 2. The van der Waals surface area contributed by atoms with Crippen molar-refractivity contribution in [1.29, 1.82) is 0 Å². The molecule has 0 radical (unpaired) electrons. The molecule has 0 aliphatic carbocycles. The van der Waals surface area contributed by atoms with Crippen molar-refractivity contribution in [3.05, 3.63) is 28.8 Å². The molecule has 0 bridgehead atoms. The molecule has 5 heteroatoms. The monoisotopic (exact) mass is 295 g/mol. The number of anilines is 1. The Bertz CT molecular complexity index is 492. The van der Waals surface area contributed by atoms with Gasteiger partial charge in [-0.3, -0.25) is 9.69 Å². The van der Waals surface area contributed by atoms with Crippen molar-refractivity contribution in [3.63, 3.8) is 0 Å². The molecule has 0 aromatic heterocycles. The summed E-state index contributed by atoms with van der Waals surface area (Å²) >= 11 is 6.05. The number of piperidine rings is 1. The van der Waals surface area contributed by atoms with Gasteiger partial charge in [-0.2, -0.15) is 0 Å². The van der Waals surface area contributed by atoms with Crippen molar-refractivity contribution in [2.75, 3.05) is 25.0 Å². The van der Waals surface area contributed by atoms with Crippen LogP contribution in [0.3, 0.4) is 0 Å². The molecule has 1 amide bonds. The van der Waals surface area contributed by atoms with Crippen LogP contribution in [0, 0.1) is 12.8 Å². The molecule has 0 spiro atoms. The summed E-state index contributed by atoms with van der Waals surface area (Å²) in [4.78, 5) is 14.3. The molecule has 1 aliphatic heterocycles. The van der Waals surface area contributed by atoms with E-state index in [1.54, 1.807) is 0 Å². The van der Waals surface area contributed by atoms with Crippen LogP contribution in [0.25, 0.3) is 0 Å². The summed E-state index contributed by atoms with van der Waals surface area (Å²) in [6.45, 7) is 6.20. The summed E-state index contributed by atoms with van der Waals surface area (Å²) in [6, 6.07) is 5.78. The summed E-state index contributed by atoms with van der Waals surface area (Å²) in [7, 11) is 0. The van der Waals surface area contributed by atoms with E-state index in [1.165, 1.54) is 0 Å². The minimum absolute atomic E-state index is 0.00182. The average molecular weight is 296 g/mol. The minimum Gasteiger partial charge on any atom is -0.327 e. The van der Waals surface area contributed by atoms with Crippen molar-refractivity contribution in [2.45, 2.75) is 26.3 Å². The van der Waals surface area contributed by atoms with Gasteiger partial charge < -0.3 is 11.1 Å².